The molecule has 0 aliphatic carbocycles. The molecule has 0 atom stereocenters. The molecule has 2 N–H and O–H groups in total. The Morgan fingerprint density at radius 1 is 0.958 bits per heavy atom. The van der Waals surface area contributed by atoms with Crippen molar-refractivity contribution in [3.05, 3.63) is 59.7 Å². The van der Waals surface area contributed by atoms with Gasteiger partial charge in [-0.3, -0.25) is 9.59 Å². The standard InChI is InChI=1S/C18H20N2O4/c1-23-11-10-19-17(21)13-6-5-7-14(12-13)18(22)20-15-8-3-4-9-16(15)24-2/h3-9,12H,10-11H2,1-2H3,(H,19,21)(H,20,22). The first-order valence-corrected chi connectivity index (χ1v) is 7.47. The third-order valence-corrected chi connectivity index (χ3v) is 3.33. The predicted octanol–water partition coefficient (Wildman–Crippen LogP) is 2.32. The van der Waals surface area contributed by atoms with Crippen LogP contribution in [0.1, 0.15) is 20.7 Å². The molecule has 6 nitrogen and oxygen atoms in total. The highest BCUT2D eigenvalue weighted by Crippen LogP contribution is 2.23. The van der Waals surface area contributed by atoms with Crippen molar-refractivity contribution in [1.82, 2.24) is 5.32 Å². The zero-order valence-electron chi connectivity index (χ0n) is 13.7. The van der Waals surface area contributed by atoms with Gasteiger partial charge in [-0.2, -0.15) is 0 Å². The van der Waals surface area contributed by atoms with Crippen LogP contribution in [0, 0.1) is 0 Å². The van der Waals surface area contributed by atoms with E-state index in [4.69, 9.17) is 9.47 Å². The summed E-state index contributed by atoms with van der Waals surface area (Å²) in [4.78, 5) is 24.4. The van der Waals surface area contributed by atoms with Gasteiger partial charge < -0.3 is 20.1 Å². The number of rotatable bonds is 7. The van der Waals surface area contributed by atoms with Crippen molar-refractivity contribution in [1.29, 1.82) is 0 Å². The molecule has 0 aliphatic heterocycles. The fourth-order valence-electron chi connectivity index (χ4n) is 2.11. The van der Waals surface area contributed by atoms with E-state index in [1.165, 1.54) is 7.11 Å². The summed E-state index contributed by atoms with van der Waals surface area (Å²) < 4.78 is 10.1. The first-order chi connectivity index (χ1) is 11.7. The van der Waals surface area contributed by atoms with Gasteiger partial charge in [0.1, 0.15) is 5.75 Å². The van der Waals surface area contributed by atoms with Crippen LogP contribution in [0.2, 0.25) is 0 Å². The van der Waals surface area contributed by atoms with Gasteiger partial charge in [0.2, 0.25) is 0 Å². The van der Waals surface area contributed by atoms with Crippen molar-refractivity contribution in [2.75, 3.05) is 32.7 Å². The number of methoxy groups -OCH3 is 2. The lowest BCUT2D eigenvalue weighted by Crippen LogP contribution is -2.27. The maximum atomic E-state index is 12.4. The van der Waals surface area contributed by atoms with Crippen LogP contribution in [0.5, 0.6) is 5.75 Å². The molecule has 0 fully saturated rings. The maximum Gasteiger partial charge on any atom is 0.255 e. The van der Waals surface area contributed by atoms with Gasteiger partial charge in [0.05, 0.1) is 19.4 Å². The number of hydrogen-bond acceptors (Lipinski definition) is 4. The second-order valence-electron chi connectivity index (χ2n) is 4.98. The lowest BCUT2D eigenvalue weighted by molar-refractivity contribution is 0.0937. The highest BCUT2D eigenvalue weighted by molar-refractivity contribution is 6.06. The molecule has 0 saturated carbocycles. The first kappa shape index (κ1) is 17.5. The number of hydrogen-bond donors (Lipinski definition) is 2. The average Bonchev–Trinajstić information content (AvgIpc) is 2.62. The number of carbonyl (C=O) groups excluding carboxylic acids is 2. The molecular formula is C18H20N2O4. The minimum Gasteiger partial charge on any atom is -0.495 e. The van der Waals surface area contributed by atoms with Gasteiger partial charge >= 0.3 is 0 Å². The smallest absolute Gasteiger partial charge is 0.255 e. The lowest BCUT2D eigenvalue weighted by Gasteiger charge is -2.10. The Kier molecular flexibility index (Phi) is 6.33. The van der Waals surface area contributed by atoms with Gasteiger partial charge in [-0.05, 0) is 30.3 Å². The summed E-state index contributed by atoms with van der Waals surface area (Å²) in [6, 6.07) is 13.7. The minimum atomic E-state index is -0.314. The summed E-state index contributed by atoms with van der Waals surface area (Å²) in [6.45, 7) is 0.840. The molecule has 6 heteroatoms. The van der Waals surface area contributed by atoms with Crippen molar-refractivity contribution >= 4 is 17.5 Å². The predicted molar refractivity (Wildman–Crippen MR) is 91.6 cm³/mol. The van der Waals surface area contributed by atoms with Gasteiger partial charge in [-0.1, -0.05) is 18.2 Å². The zero-order valence-corrected chi connectivity index (χ0v) is 13.7. The Morgan fingerprint density at radius 3 is 2.38 bits per heavy atom. The molecule has 0 spiro atoms. The van der Waals surface area contributed by atoms with Crippen LogP contribution in [0.3, 0.4) is 0 Å². The molecule has 2 rings (SSSR count). The Balaban J connectivity index is 2.10. The van der Waals surface area contributed by atoms with E-state index in [1.807, 2.05) is 6.07 Å². The summed E-state index contributed by atoms with van der Waals surface area (Å²) in [5, 5.41) is 5.50. The Morgan fingerprint density at radius 2 is 1.67 bits per heavy atom. The van der Waals surface area contributed by atoms with E-state index in [0.717, 1.165) is 0 Å². The Labute approximate surface area is 140 Å². The van der Waals surface area contributed by atoms with Crippen molar-refractivity contribution in [3.63, 3.8) is 0 Å². The number of amides is 2. The Bertz CT molecular complexity index is 716. The molecule has 0 unspecified atom stereocenters. The maximum absolute atomic E-state index is 12.4. The molecule has 2 amide bonds. The van der Waals surface area contributed by atoms with Crippen molar-refractivity contribution < 1.29 is 19.1 Å². The van der Waals surface area contributed by atoms with Gasteiger partial charge in [-0.25, -0.2) is 0 Å². The van der Waals surface area contributed by atoms with Gasteiger partial charge in [0, 0.05) is 24.8 Å². The molecule has 0 radical (unpaired) electrons. The zero-order chi connectivity index (χ0) is 17.4. The van der Waals surface area contributed by atoms with Gasteiger partial charge in [-0.15, -0.1) is 0 Å². The lowest BCUT2D eigenvalue weighted by atomic mass is 10.1. The largest absolute Gasteiger partial charge is 0.495 e. The summed E-state index contributed by atoms with van der Waals surface area (Å²) in [6.07, 6.45) is 0. The van der Waals surface area contributed by atoms with E-state index in [9.17, 15) is 9.59 Å². The quantitative estimate of drug-likeness (QED) is 0.765. The van der Waals surface area contributed by atoms with Gasteiger partial charge in [0.25, 0.3) is 11.8 Å². The summed E-state index contributed by atoms with van der Waals surface area (Å²) in [7, 11) is 3.10. The van der Waals surface area contributed by atoms with Crippen molar-refractivity contribution in [2.24, 2.45) is 0 Å². The number of carbonyl (C=O) groups is 2. The highest BCUT2D eigenvalue weighted by Gasteiger charge is 2.12. The molecule has 2 aromatic rings. The monoisotopic (exact) mass is 328 g/mol. The molecule has 0 aliphatic rings. The van der Waals surface area contributed by atoms with Crippen LogP contribution in [-0.2, 0) is 4.74 Å². The van der Waals surface area contributed by atoms with Crippen LogP contribution in [0.4, 0.5) is 5.69 Å². The summed E-state index contributed by atoms with van der Waals surface area (Å²) in [5.41, 5.74) is 1.37. The van der Waals surface area contributed by atoms with Crippen molar-refractivity contribution in [2.45, 2.75) is 0 Å². The molecule has 0 bridgehead atoms. The molecule has 126 valence electrons. The molecular weight excluding hydrogens is 308 g/mol. The Hall–Kier alpha value is -2.86. The first-order valence-electron chi connectivity index (χ1n) is 7.47. The van der Waals surface area contributed by atoms with E-state index >= 15 is 0 Å². The van der Waals surface area contributed by atoms with E-state index in [-0.39, 0.29) is 11.8 Å². The average molecular weight is 328 g/mol. The SMILES string of the molecule is COCCNC(=O)c1cccc(C(=O)Nc2ccccc2OC)c1. The number of nitrogens with one attached hydrogen (secondary N) is 2. The summed E-state index contributed by atoms with van der Waals surface area (Å²) >= 11 is 0. The number of anilines is 1. The second kappa shape index (κ2) is 8.69. The molecule has 24 heavy (non-hydrogen) atoms. The van der Waals surface area contributed by atoms with Crippen LogP contribution in [0.15, 0.2) is 48.5 Å². The second-order valence-corrected chi connectivity index (χ2v) is 4.98. The third-order valence-electron chi connectivity index (χ3n) is 3.33. The molecule has 2 aromatic carbocycles. The van der Waals surface area contributed by atoms with Crippen LogP contribution < -0.4 is 15.4 Å². The van der Waals surface area contributed by atoms with Crippen LogP contribution in [0.25, 0.3) is 0 Å². The fraction of sp³-hybridized carbons (Fsp3) is 0.222. The van der Waals surface area contributed by atoms with Crippen molar-refractivity contribution in [3.8, 4) is 5.75 Å². The highest BCUT2D eigenvalue weighted by atomic mass is 16.5. The van der Waals surface area contributed by atoms with Crippen LogP contribution >= 0.6 is 0 Å². The van der Waals surface area contributed by atoms with E-state index in [2.05, 4.69) is 10.6 Å². The van der Waals surface area contributed by atoms with E-state index in [0.29, 0.717) is 35.7 Å². The third kappa shape index (κ3) is 4.57. The van der Waals surface area contributed by atoms with Crippen LogP contribution in [-0.4, -0.2) is 39.2 Å². The minimum absolute atomic E-state index is 0.251. The topological polar surface area (TPSA) is 76.7 Å². The number of ether oxygens (including phenoxy) is 2. The normalized spacial score (nSPS) is 10.1. The summed E-state index contributed by atoms with van der Waals surface area (Å²) in [5.74, 6) is 0.00402. The van der Waals surface area contributed by atoms with Gasteiger partial charge in [0.15, 0.2) is 0 Å². The molecule has 0 aromatic heterocycles. The number of para-hydroxylation sites is 2. The number of benzene rings is 2. The molecule has 0 saturated heterocycles. The van der Waals surface area contributed by atoms with E-state index in [1.54, 1.807) is 49.6 Å². The molecule has 0 heterocycles. The fourth-order valence-corrected chi connectivity index (χ4v) is 2.11. The van der Waals surface area contributed by atoms with E-state index < -0.39 is 0 Å².